The normalized spacial score (nSPS) is 12.6. The summed E-state index contributed by atoms with van der Waals surface area (Å²) < 4.78 is 8.47. The molecule has 1 heterocycles. The Morgan fingerprint density at radius 1 is 0.884 bits per heavy atom. The first kappa shape index (κ1) is 33.6. The van der Waals surface area contributed by atoms with Gasteiger partial charge in [0.1, 0.15) is 5.75 Å². The first-order valence-electron chi connectivity index (χ1n) is 15.7. The Kier molecular flexibility index (Phi) is 13.0. The fourth-order valence-electron chi connectivity index (χ4n) is 5.25. The molecule has 0 aliphatic carbocycles. The van der Waals surface area contributed by atoms with E-state index in [0.29, 0.717) is 50.5 Å². The number of carboxylic acid groups (broad SMARTS) is 1. The van der Waals surface area contributed by atoms with E-state index in [1.165, 1.54) is 14.8 Å². The van der Waals surface area contributed by atoms with Gasteiger partial charge in [0.15, 0.2) is 0 Å². The standard InChI is InChI=1S/C34H48N4O5/c1-5-7-8-9-13-25-38-31(39)30(35-36(4)33(38)42)37(24-14-17-27-15-11-10-12-16-27)26-22-28-18-20-29(21-19-28)43-34(3,23-6-2)32(40)41/h10-12,15-16,18-21H,5-9,13-14,17,22-26H2,1-4H3,(H,40,41). The van der Waals surface area contributed by atoms with E-state index < -0.39 is 11.6 Å². The van der Waals surface area contributed by atoms with Gasteiger partial charge in [-0.25, -0.2) is 14.3 Å². The maximum absolute atomic E-state index is 13.6. The summed E-state index contributed by atoms with van der Waals surface area (Å²) in [6.45, 7) is 7.22. The lowest BCUT2D eigenvalue weighted by Crippen LogP contribution is -2.45. The number of benzene rings is 2. The lowest BCUT2D eigenvalue weighted by molar-refractivity contribution is -0.154. The summed E-state index contributed by atoms with van der Waals surface area (Å²) in [4.78, 5) is 40.3. The molecule has 1 atom stereocenters. The molecule has 0 radical (unpaired) electrons. The van der Waals surface area contributed by atoms with Crippen LogP contribution in [0.15, 0.2) is 64.2 Å². The van der Waals surface area contributed by atoms with E-state index in [9.17, 15) is 19.5 Å². The maximum Gasteiger partial charge on any atom is 0.347 e. The number of aromatic nitrogens is 3. The van der Waals surface area contributed by atoms with E-state index in [1.54, 1.807) is 26.1 Å². The van der Waals surface area contributed by atoms with Gasteiger partial charge in [0, 0.05) is 26.7 Å². The number of ether oxygens (including phenoxy) is 1. The molecule has 0 bridgehead atoms. The molecule has 0 fully saturated rings. The van der Waals surface area contributed by atoms with Crippen LogP contribution in [0.25, 0.3) is 0 Å². The van der Waals surface area contributed by atoms with Gasteiger partial charge in [0.2, 0.25) is 11.4 Å². The molecule has 3 rings (SSSR count). The SMILES string of the molecule is CCCCCCCn1c(=O)c(N(CCCc2ccccc2)CCc2ccc(OC(C)(CCC)C(=O)O)cc2)nn(C)c1=O. The Bertz CT molecular complexity index is 1400. The zero-order valence-corrected chi connectivity index (χ0v) is 26.3. The summed E-state index contributed by atoms with van der Waals surface area (Å²) in [5, 5.41) is 14.1. The van der Waals surface area contributed by atoms with Gasteiger partial charge >= 0.3 is 11.7 Å². The fourth-order valence-corrected chi connectivity index (χ4v) is 5.25. The summed E-state index contributed by atoms with van der Waals surface area (Å²) >= 11 is 0. The third-order valence-corrected chi connectivity index (χ3v) is 7.83. The van der Waals surface area contributed by atoms with Gasteiger partial charge < -0.3 is 14.7 Å². The van der Waals surface area contributed by atoms with Gasteiger partial charge in [-0.3, -0.25) is 9.36 Å². The van der Waals surface area contributed by atoms with E-state index in [1.807, 2.05) is 42.2 Å². The smallest absolute Gasteiger partial charge is 0.347 e. The van der Waals surface area contributed by atoms with E-state index in [4.69, 9.17) is 4.74 Å². The van der Waals surface area contributed by atoms with Gasteiger partial charge in [0.05, 0.1) is 0 Å². The van der Waals surface area contributed by atoms with Gasteiger partial charge in [-0.1, -0.05) is 88.4 Å². The largest absolute Gasteiger partial charge is 0.478 e. The number of rotatable bonds is 19. The highest BCUT2D eigenvalue weighted by Crippen LogP contribution is 2.24. The molecule has 0 saturated carbocycles. The number of carboxylic acids is 1. The monoisotopic (exact) mass is 592 g/mol. The van der Waals surface area contributed by atoms with Crippen molar-refractivity contribution in [1.29, 1.82) is 0 Å². The van der Waals surface area contributed by atoms with Crippen LogP contribution < -0.4 is 20.9 Å². The van der Waals surface area contributed by atoms with E-state index >= 15 is 0 Å². The number of aryl methyl sites for hydroxylation is 2. The number of hydrogen-bond donors (Lipinski definition) is 1. The Balaban J connectivity index is 1.79. The van der Waals surface area contributed by atoms with Crippen LogP contribution in [0.5, 0.6) is 5.75 Å². The number of hydrogen-bond acceptors (Lipinski definition) is 6. The van der Waals surface area contributed by atoms with Crippen molar-refractivity contribution in [2.45, 2.75) is 97.1 Å². The molecule has 234 valence electrons. The minimum atomic E-state index is -1.28. The predicted molar refractivity (Wildman–Crippen MR) is 171 cm³/mol. The predicted octanol–water partition coefficient (Wildman–Crippen LogP) is 5.62. The van der Waals surface area contributed by atoms with Crippen molar-refractivity contribution in [1.82, 2.24) is 14.3 Å². The highest BCUT2D eigenvalue weighted by Gasteiger charge is 2.34. The number of anilines is 1. The van der Waals surface area contributed by atoms with Crippen LogP contribution in [-0.4, -0.2) is 44.1 Å². The Morgan fingerprint density at radius 2 is 1.56 bits per heavy atom. The summed E-state index contributed by atoms with van der Waals surface area (Å²) in [6.07, 6.45) is 8.55. The van der Waals surface area contributed by atoms with Crippen LogP contribution >= 0.6 is 0 Å². The molecule has 3 aromatic rings. The molecule has 0 spiro atoms. The second-order valence-corrected chi connectivity index (χ2v) is 11.5. The molecule has 9 nitrogen and oxygen atoms in total. The van der Waals surface area contributed by atoms with Crippen molar-refractivity contribution < 1.29 is 14.6 Å². The molecular weight excluding hydrogens is 544 g/mol. The number of unbranched alkanes of at least 4 members (excludes halogenated alkanes) is 4. The van der Waals surface area contributed by atoms with Gasteiger partial charge in [-0.15, -0.1) is 5.10 Å². The second-order valence-electron chi connectivity index (χ2n) is 11.5. The topological polar surface area (TPSA) is 107 Å². The Hall–Kier alpha value is -3.88. The zero-order valence-electron chi connectivity index (χ0n) is 26.3. The summed E-state index contributed by atoms with van der Waals surface area (Å²) in [5.74, 6) is -0.190. The fraction of sp³-hybridized carbons (Fsp3) is 0.529. The summed E-state index contributed by atoms with van der Waals surface area (Å²) in [6, 6.07) is 17.7. The summed E-state index contributed by atoms with van der Waals surface area (Å²) in [5.41, 5.74) is 0.240. The first-order chi connectivity index (χ1) is 20.7. The average molecular weight is 593 g/mol. The van der Waals surface area contributed by atoms with Crippen LogP contribution in [-0.2, 0) is 31.2 Å². The van der Waals surface area contributed by atoms with E-state index in [2.05, 4.69) is 24.2 Å². The number of nitrogens with zero attached hydrogens (tertiary/aromatic N) is 4. The van der Waals surface area contributed by atoms with Crippen LogP contribution in [0.4, 0.5) is 5.82 Å². The average Bonchev–Trinajstić information content (AvgIpc) is 2.99. The molecule has 0 aliphatic rings. The third-order valence-electron chi connectivity index (χ3n) is 7.83. The number of carbonyl (C=O) groups is 1. The van der Waals surface area contributed by atoms with Crippen LogP contribution in [0.2, 0.25) is 0 Å². The third kappa shape index (κ3) is 9.83. The minimum Gasteiger partial charge on any atom is -0.478 e. The molecule has 0 amide bonds. The molecule has 2 aromatic carbocycles. The van der Waals surface area contributed by atoms with Crippen molar-refractivity contribution >= 4 is 11.8 Å². The van der Waals surface area contributed by atoms with Crippen LogP contribution in [0.3, 0.4) is 0 Å². The molecule has 1 aromatic heterocycles. The van der Waals surface area contributed by atoms with Gasteiger partial charge in [-0.2, -0.15) is 0 Å². The van der Waals surface area contributed by atoms with E-state index in [0.717, 1.165) is 50.5 Å². The van der Waals surface area contributed by atoms with Crippen molar-refractivity contribution in [2.24, 2.45) is 7.05 Å². The lowest BCUT2D eigenvalue weighted by Gasteiger charge is -2.26. The number of aliphatic carboxylic acids is 1. The zero-order chi connectivity index (χ0) is 31.2. The van der Waals surface area contributed by atoms with E-state index in [-0.39, 0.29) is 11.2 Å². The van der Waals surface area contributed by atoms with Crippen molar-refractivity contribution in [3.8, 4) is 5.75 Å². The van der Waals surface area contributed by atoms with Crippen molar-refractivity contribution in [3.05, 3.63) is 86.6 Å². The molecule has 9 heteroatoms. The molecule has 0 saturated heterocycles. The molecule has 43 heavy (non-hydrogen) atoms. The highest BCUT2D eigenvalue weighted by molar-refractivity contribution is 5.77. The van der Waals surface area contributed by atoms with Crippen molar-refractivity contribution in [2.75, 3.05) is 18.0 Å². The second kappa shape index (κ2) is 16.7. The minimum absolute atomic E-state index is 0.292. The Morgan fingerprint density at radius 3 is 2.21 bits per heavy atom. The highest BCUT2D eigenvalue weighted by atomic mass is 16.5. The van der Waals surface area contributed by atoms with Gasteiger partial charge in [0.25, 0.3) is 5.56 Å². The molecule has 1 N–H and O–H groups in total. The van der Waals surface area contributed by atoms with Crippen LogP contribution in [0, 0.1) is 0 Å². The van der Waals surface area contributed by atoms with Crippen LogP contribution in [0.1, 0.15) is 83.3 Å². The van der Waals surface area contributed by atoms with Gasteiger partial charge in [-0.05, 0) is 62.3 Å². The summed E-state index contributed by atoms with van der Waals surface area (Å²) in [7, 11) is 1.60. The molecule has 1 unspecified atom stereocenters. The molecule has 0 aliphatic heterocycles. The lowest BCUT2D eigenvalue weighted by atomic mass is 10.0. The quantitative estimate of drug-likeness (QED) is 0.180. The van der Waals surface area contributed by atoms with Crippen molar-refractivity contribution in [3.63, 3.8) is 0 Å². The molecular formula is C34H48N4O5. The Labute approximate surface area is 255 Å². The maximum atomic E-state index is 13.6. The first-order valence-corrected chi connectivity index (χ1v) is 15.7.